The monoisotopic (exact) mass is 378 g/mol. The number of halogens is 2. The van der Waals surface area contributed by atoms with Gasteiger partial charge in [0.1, 0.15) is 0 Å². The van der Waals surface area contributed by atoms with Crippen molar-refractivity contribution in [2.24, 2.45) is 5.41 Å². The Bertz CT molecular complexity index is 214. The van der Waals surface area contributed by atoms with Crippen LogP contribution in [0.4, 0.5) is 0 Å². The van der Waals surface area contributed by atoms with E-state index in [4.69, 9.17) is 6.42 Å². The topological polar surface area (TPSA) is 0 Å². The fourth-order valence-corrected chi connectivity index (χ4v) is 7.17. The molecule has 1 heterocycles. The minimum Gasteiger partial charge on any atom is -0.119 e. The molecular weight excluding hydrogens is 370 g/mol. The molecule has 1 aliphatic heterocycles. The summed E-state index contributed by atoms with van der Waals surface area (Å²) in [7, 11) is 0. The molecule has 1 rings (SSSR count). The van der Waals surface area contributed by atoms with Crippen LogP contribution in [0.25, 0.3) is 0 Å². The molecular formula is C7H8I2S. The summed E-state index contributed by atoms with van der Waals surface area (Å²) in [4.78, 5) is 0. The lowest BCUT2D eigenvalue weighted by Crippen LogP contribution is -2.10. The maximum absolute atomic E-state index is 5.39. The molecule has 0 aromatic heterocycles. The third kappa shape index (κ3) is 2.05. The van der Waals surface area contributed by atoms with Gasteiger partial charge in [0.25, 0.3) is 0 Å². The van der Waals surface area contributed by atoms with Gasteiger partial charge < -0.3 is 0 Å². The van der Waals surface area contributed by atoms with Gasteiger partial charge in [-0.3, -0.25) is 0 Å². The zero-order valence-electron chi connectivity index (χ0n) is 5.60. The highest BCUT2D eigenvalue weighted by molar-refractivity contribution is 14.3. The van der Waals surface area contributed by atoms with Crippen molar-refractivity contribution in [3.8, 4) is 12.3 Å². The highest BCUT2D eigenvalue weighted by Gasteiger charge is 2.32. The third-order valence-corrected chi connectivity index (χ3v) is 6.61. The van der Waals surface area contributed by atoms with Gasteiger partial charge in [-0.15, -0.1) is 10.8 Å². The van der Waals surface area contributed by atoms with Crippen molar-refractivity contribution >= 4 is 46.8 Å². The predicted molar refractivity (Wildman–Crippen MR) is 66.6 cm³/mol. The van der Waals surface area contributed by atoms with E-state index in [1.807, 2.05) is 0 Å². The van der Waals surface area contributed by atoms with Gasteiger partial charge in [-0.25, -0.2) is 0 Å². The van der Waals surface area contributed by atoms with Gasteiger partial charge in [0.05, 0.1) is 5.41 Å². The summed E-state index contributed by atoms with van der Waals surface area (Å²) < 4.78 is -0.549. The van der Waals surface area contributed by atoms with E-state index < -0.39 is 4.37 Å². The minimum absolute atomic E-state index is 0.0394. The lowest BCUT2D eigenvalue weighted by Gasteiger charge is -2.21. The van der Waals surface area contributed by atoms with E-state index in [0.717, 1.165) is 5.75 Å². The quantitative estimate of drug-likeness (QED) is 0.446. The molecule has 0 saturated heterocycles. The number of hydrogen-bond donors (Lipinski definition) is 0. The molecule has 3 heteroatoms. The lowest BCUT2D eigenvalue weighted by atomic mass is 9.96. The molecule has 0 aromatic rings. The van der Waals surface area contributed by atoms with Crippen molar-refractivity contribution in [1.29, 1.82) is 0 Å². The van der Waals surface area contributed by atoms with Crippen LogP contribution >= 0.6 is 46.8 Å². The Morgan fingerprint density at radius 1 is 1.70 bits per heavy atom. The standard InChI is InChI=1S/C7H8I2S/c1-3-7(2)4-5-10(8,9)6-7/h1,4-5H,6H2,2H3. The molecule has 0 spiro atoms. The van der Waals surface area contributed by atoms with Gasteiger partial charge in [0, 0.05) is 5.75 Å². The van der Waals surface area contributed by atoms with Crippen molar-refractivity contribution in [3.05, 3.63) is 11.5 Å². The van der Waals surface area contributed by atoms with Crippen LogP contribution in [-0.2, 0) is 0 Å². The maximum atomic E-state index is 5.39. The number of terminal acetylenes is 1. The van der Waals surface area contributed by atoms with E-state index in [1.165, 1.54) is 0 Å². The fourth-order valence-electron chi connectivity index (χ4n) is 0.835. The lowest BCUT2D eigenvalue weighted by molar-refractivity contribution is 0.680. The third-order valence-electron chi connectivity index (χ3n) is 1.46. The van der Waals surface area contributed by atoms with Crippen molar-refractivity contribution in [3.63, 3.8) is 0 Å². The molecule has 0 nitrogen and oxygen atoms in total. The normalized spacial score (nSPS) is 39.0. The van der Waals surface area contributed by atoms with Crippen LogP contribution in [0.15, 0.2) is 11.5 Å². The number of rotatable bonds is 0. The van der Waals surface area contributed by atoms with Gasteiger partial charge in [-0.1, -0.05) is 12.0 Å². The van der Waals surface area contributed by atoms with Crippen LogP contribution in [0.2, 0.25) is 0 Å². The molecule has 0 radical (unpaired) electrons. The second-order valence-electron chi connectivity index (χ2n) is 2.63. The molecule has 1 aliphatic rings. The van der Waals surface area contributed by atoms with Gasteiger partial charge >= 0.3 is 0 Å². The number of allylic oxidation sites excluding steroid dienone is 1. The van der Waals surface area contributed by atoms with Crippen LogP contribution in [-0.4, -0.2) is 5.75 Å². The molecule has 0 aromatic carbocycles. The average Bonchev–Trinajstić information content (AvgIpc) is 2.08. The molecule has 0 N–H and O–H groups in total. The van der Waals surface area contributed by atoms with E-state index in [0.29, 0.717) is 0 Å². The molecule has 1 atom stereocenters. The Hall–Kier alpha value is 1.11. The zero-order valence-corrected chi connectivity index (χ0v) is 10.7. The summed E-state index contributed by atoms with van der Waals surface area (Å²) in [6, 6.07) is 0. The summed E-state index contributed by atoms with van der Waals surface area (Å²) >= 11 is 5.00. The number of hydrogen-bond acceptors (Lipinski definition) is 0. The van der Waals surface area contributed by atoms with Gasteiger partial charge in [0.15, 0.2) is 0 Å². The first kappa shape index (κ1) is 9.20. The van der Waals surface area contributed by atoms with Crippen LogP contribution in [0, 0.1) is 17.8 Å². The largest absolute Gasteiger partial charge is 0.119 e. The van der Waals surface area contributed by atoms with Crippen LogP contribution in [0.1, 0.15) is 6.92 Å². The Balaban J connectivity index is 2.81. The summed E-state index contributed by atoms with van der Waals surface area (Å²) in [6.07, 6.45) is 7.56. The van der Waals surface area contributed by atoms with Gasteiger partial charge in [-0.2, -0.15) is 0 Å². The molecule has 0 fully saturated rings. The maximum Gasteiger partial charge on any atom is 0.0563 e. The molecule has 56 valence electrons. The smallest absolute Gasteiger partial charge is 0.0563 e. The SMILES string of the molecule is C#CC1(C)C=CS(I)(I)C1. The minimum atomic E-state index is -0.549. The molecule has 0 bridgehead atoms. The molecule has 0 saturated carbocycles. The second-order valence-corrected chi connectivity index (χ2v) is 18.9. The second kappa shape index (κ2) is 2.87. The Kier molecular flexibility index (Phi) is 2.64. The average molecular weight is 378 g/mol. The summed E-state index contributed by atoms with van der Waals surface area (Å²) in [5, 5.41) is 2.27. The summed E-state index contributed by atoms with van der Waals surface area (Å²) in [6.45, 7) is 2.12. The Labute approximate surface area is 87.7 Å². The van der Waals surface area contributed by atoms with E-state index in [-0.39, 0.29) is 5.41 Å². The molecule has 0 amide bonds. The van der Waals surface area contributed by atoms with Crippen molar-refractivity contribution in [2.45, 2.75) is 6.92 Å². The van der Waals surface area contributed by atoms with Gasteiger partial charge in [-0.05, 0) is 54.7 Å². The molecule has 10 heavy (non-hydrogen) atoms. The van der Waals surface area contributed by atoms with Crippen molar-refractivity contribution in [2.75, 3.05) is 5.75 Å². The van der Waals surface area contributed by atoms with Crippen LogP contribution in [0.3, 0.4) is 0 Å². The molecule has 0 aliphatic carbocycles. The highest BCUT2D eigenvalue weighted by Crippen LogP contribution is 2.71. The fraction of sp³-hybridized carbons (Fsp3) is 0.429. The Morgan fingerprint density at radius 2 is 2.30 bits per heavy atom. The first-order valence-corrected chi connectivity index (χ1v) is 9.80. The highest BCUT2D eigenvalue weighted by atomic mass is 127. The van der Waals surface area contributed by atoms with E-state index in [1.54, 1.807) is 0 Å². The van der Waals surface area contributed by atoms with E-state index in [2.05, 4.69) is 66.7 Å². The zero-order chi connectivity index (χ0) is 7.83. The molecule has 1 unspecified atom stereocenters. The van der Waals surface area contributed by atoms with Crippen LogP contribution in [0.5, 0.6) is 0 Å². The summed E-state index contributed by atoms with van der Waals surface area (Å²) in [5.41, 5.74) is 0.0394. The van der Waals surface area contributed by atoms with Gasteiger partial charge in [0.2, 0.25) is 0 Å². The first-order chi connectivity index (χ1) is 4.47. The van der Waals surface area contributed by atoms with E-state index in [9.17, 15) is 0 Å². The van der Waals surface area contributed by atoms with Crippen molar-refractivity contribution < 1.29 is 0 Å². The predicted octanol–water partition coefficient (Wildman–Crippen LogP) is 3.66. The first-order valence-electron chi connectivity index (χ1n) is 2.85. The Morgan fingerprint density at radius 3 is 2.50 bits per heavy atom. The van der Waals surface area contributed by atoms with E-state index >= 15 is 0 Å². The summed E-state index contributed by atoms with van der Waals surface area (Å²) in [5.74, 6) is 3.96. The van der Waals surface area contributed by atoms with Crippen LogP contribution < -0.4 is 0 Å². The van der Waals surface area contributed by atoms with Crippen molar-refractivity contribution in [1.82, 2.24) is 0 Å².